The number of para-hydroxylation sites is 2. The number of benzene rings is 3. The highest BCUT2D eigenvalue weighted by molar-refractivity contribution is 8.14. The highest BCUT2D eigenvalue weighted by Gasteiger charge is 2.32. The Morgan fingerprint density at radius 1 is 1.07 bits per heavy atom. The third kappa shape index (κ3) is 8.64. The molecule has 1 amide bonds. The number of carbonyl (C=O) groups excluding carboxylic acids is 1. The van der Waals surface area contributed by atoms with Gasteiger partial charge in [-0.05, 0) is 42.0 Å². The minimum atomic E-state index is -3.44. The van der Waals surface area contributed by atoms with Crippen LogP contribution in [0.4, 0.5) is 28.9 Å². The quantitative estimate of drug-likeness (QED) is 0.129. The Bertz CT molecular complexity index is 1510. The molecule has 1 fully saturated rings. The second-order valence-electron chi connectivity index (χ2n) is 8.59. The topological polar surface area (TPSA) is 114 Å². The van der Waals surface area contributed by atoms with Crippen LogP contribution in [0.15, 0.2) is 93.0 Å². The van der Waals surface area contributed by atoms with Gasteiger partial charge in [0.05, 0.1) is 17.6 Å². The lowest BCUT2D eigenvalue weighted by molar-refractivity contribution is -0.158. The highest BCUT2D eigenvalue weighted by atomic mass is 32.2. The minimum Gasteiger partial charge on any atom is -0.435 e. The molecule has 0 radical (unpaired) electrons. The number of thioether (sulfide) groups is 1. The van der Waals surface area contributed by atoms with E-state index in [1.807, 2.05) is 0 Å². The predicted octanol–water partition coefficient (Wildman–Crippen LogP) is 6.20. The fourth-order valence-corrected chi connectivity index (χ4v) is 4.47. The summed E-state index contributed by atoms with van der Waals surface area (Å²) in [6, 6.07) is 18.6. The van der Waals surface area contributed by atoms with E-state index >= 15 is 0 Å². The number of hydrogen-bond donors (Lipinski definition) is 1. The van der Waals surface area contributed by atoms with Crippen LogP contribution < -0.4 is 20.1 Å². The van der Waals surface area contributed by atoms with Gasteiger partial charge in [0.15, 0.2) is 10.9 Å². The first-order valence-electron chi connectivity index (χ1n) is 12.3. The van der Waals surface area contributed by atoms with Gasteiger partial charge in [-0.1, -0.05) is 48.2 Å². The molecule has 0 unspecified atom stereocenters. The van der Waals surface area contributed by atoms with Crippen molar-refractivity contribution in [2.75, 3.05) is 10.7 Å². The van der Waals surface area contributed by atoms with E-state index in [0.717, 1.165) is 0 Å². The van der Waals surface area contributed by atoms with Gasteiger partial charge in [-0.3, -0.25) is 9.69 Å². The zero-order valence-electron chi connectivity index (χ0n) is 22.0. The standard InChI is InChI=1S/C28H24F4N6O3S/c1-28(31,32)41-23-5-3-2-4-22(23)38-24(39)14-15-42-27(38)37-36-16-18-6-8-19(9-7-18)25(33)35-17-34-20-10-12-21(13-11-20)40-26(29)30/h2-13,16-17,26H,14-15H2,1H3,(H2,33,34,35)/b36-16+,37-27-. The number of carbonyl (C=O) groups is 1. The van der Waals surface area contributed by atoms with E-state index in [0.29, 0.717) is 29.5 Å². The molecule has 1 aliphatic rings. The summed E-state index contributed by atoms with van der Waals surface area (Å²) < 4.78 is 60.7. The maximum Gasteiger partial charge on any atom is 0.394 e. The number of anilines is 1. The Hall–Kier alpha value is -4.72. The van der Waals surface area contributed by atoms with Gasteiger partial charge in [-0.25, -0.2) is 9.98 Å². The fourth-order valence-electron chi connectivity index (χ4n) is 3.58. The number of hydrogen-bond acceptors (Lipinski definition) is 7. The van der Waals surface area contributed by atoms with E-state index < -0.39 is 12.7 Å². The van der Waals surface area contributed by atoms with Gasteiger partial charge in [-0.2, -0.15) is 22.7 Å². The Morgan fingerprint density at radius 2 is 1.79 bits per heavy atom. The van der Waals surface area contributed by atoms with Crippen LogP contribution in [0.1, 0.15) is 24.5 Å². The van der Waals surface area contributed by atoms with Gasteiger partial charge in [0.25, 0.3) is 0 Å². The summed E-state index contributed by atoms with van der Waals surface area (Å²) in [7, 11) is 0. The third-order valence-corrected chi connectivity index (χ3v) is 6.34. The Balaban J connectivity index is 1.43. The summed E-state index contributed by atoms with van der Waals surface area (Å²) in [4.78, 5) is 22.1. The van der Waals surface area contributed by atoms with Gasteiger partial charge in [0.1, 0.15) is 17.9 Å². The number of amides is 1. The number of nitrogens with zero attached hydrogens (tertiary/aromatic N) is 5. The monoisotopic (exact) mass is 600 g/mol. The van der Waals surface area contributed by atoms with Gasteiger partial charge >= 0.3 is 12.7 Å². The molecule has 3 aromatic rings. The molecular formula is C28H24F4N6O3S. The van der Waals surface area contributed by atoms with E-state index in [1.54, 1.807) is 30.3 Å². The summed E-state index contributed by atoms with van der Waals surface area (Å²) in [6.07, 6.45) is -0.536. The molecule has 0 atom stereocenters. The van der Waals surface area contributed by atoms with Gasteiger partial charge in [-0.15, -0.1) is 5.10 Å². The first-order valence-corrected chi connectivity index (χ1v) is 13.3. The highest BCUT2D eigenvalue weighted by Crippen LogP contribution is 2.36. The summed E-state index contributed by atoms with van der Waals surface area (Å²) >= 11 is 1.26. The van der Waals surface area contributed by atoms with Crippen molar-refractivity contribution in [3.63, 3.8) is 0 Å². The number of aliphatic imine (C=N–C) groups is 2. The number of amidine groups is 2. The zero-order valence-corrected chi connectivity index (χ0v) is 22.8. The smallest absolute Gasteiger partial charge is 0.394 e. The van der Waals surface area contributed by atoms with E-state index in [-0.39, 0.29) is 40.5 Å². The molecule has 1 saturated heterocycles. The third-order valence-electron chi connectivity index (χ3n) is 5.41. The second kappa shape index (κ2) is 13.8. The lowest BCUT2D eigenvalue weighted by atomic mass is 10.1. The molecule has 1 heterocycles. The van der Waals surface area contributed by atoms with Crippen molar-refractivity contribution >= 4 is 52.6 Å². The van der Waals surface area contributed by atoms with Crippen LogP contribution in [0, 0.1) is 0 Å². The number of halogens is 4. The van der Waals surface area contributed by atoms with Crippen LogP contribution in [0.2, 0.25) is 0 Å². The van der Waals surface area contributed by atoms with Crippen molar-refractivity contribution in [1.29, 1.82) is 0 Å². The average Bonchev–Trinajstić information content (AvgIpc) is 2.94. The normalized spacial score (nSPS) is 15.8. The molecular weight excluding hydrogens is 576 g/mol. The van der Waals surface area contributed by atoms with Crippen molar-refractivity contribution in [1.82, 2.24) is 0 Å². The van der Waals surface area contributed by atoms with Crippen LogP contribution >= 0.6 is 11.8 Å². The van der Waals surface area contributed by atoms with Crippen molar-refractivity contribution in [3.05, 3.63) is 83.9 Å². The van der Waals surface area contributed by atoms with Crippen LogP contribution in [0.5, 0.6) is 11.5 Å². The summed E-state index contributed by atoms with van der Waals surface area (Å²) in [5, 5.41) is 8.48. The average molecular weight is 601 g/mol. The predicted molar refractivity (Wildman–Crippen MR) is 156 cm³/mol. The first kappa shape index (κ1) is 30.2. The molecule has 3 aromatic carbocycles. The van der Waals surface area contributed by atoms with Crippen molar-refractivity contribution in [2.24, 2.45) is 25.9 Å². The van der Waals surface area contributed by atoms with Crippen LogP contribution in [-0.4, -0.2) is 47.9 Å². The van der Waals surface area contributed by atoms with Crippen molar-refractivity contribution in [3.8, 4) is 11.5 Å². The van der Waals surface area contributed by atoms with Crippen LogP contribution in [0.25, 0.3) is 0 Å². The SMILES string of the molecule is CC(F)(F)Oc1ccccc1N1C(=O)CCS/C1=N\N=C\c1ccc(C(N)=NC=Nc2ccc(OC(F)F)cc2)cc1. The Labute approximate surface area is 242 Å². The summed E-state index contributed by atoms with van der Waals surface area (Å²) in [5.41, 5.74) is 7.91. The van der Waals surface area contributed by atoms with Crippen molar-refractivity contribution < 1.29 is 31.8 Å². The molecule has 2 N–H and O–H groups in total. The Morgan fingerprint density at radius 3 is 2.48 bits per heavy atom. The lowest BCUT2D eigenvalue weighted by Gasteiger charge is -2.29. The maximum atomic E-state index is 13.6. The molecule has 0 aliphatic carbocycles. The number of rotatable bonds is 10. The fraction of sp³-hybridized carbons (Fsp3) is 0.179. The molecule has 218 valence electrons. The molecule has 0 aromatic heterocycles. The summed E-state index contributed by atoms with van der Waals surface area (Å²) in [6.45, 7) is -2.29. The van der Waals surface area contributed by atoms with Gasteiger partial charge in [0.2, 0.25) is 5.91 Å². The molecule has 4 rings (SSSR count). The summed E-state index contributed by atoms with van der Waals surface area (Å²) in [5.74, 6) is 0.190. The molecule has 1 aliphatic heterocycles. The number of alkyl halides is 4. The van der Waals surface area contributed by atoms with E-state index in [9.17, 15) is 22.4 Å². The van der Waals surface area contributed by atoms with E-state index in [4.69, 9.17) is 10.5 Å². The van der Waals surface area contributed by atoms with Gasteiger partial charge < -0.3 is 15.2 Å². The molecule has 42 heavy (non-hydrogen) atoms. The lowest BCUT2D eigenvalue weighted by Crippen LogP contribution is -2.39. The molecule has 0 saturated carbocycles. The van der Waals surface area contributed by atoms with E-state index in [2.05, 4.69) is 24.9 Å². The zero-order chi connectivity index (χ0) is 30.1. The van der Waals surface area contributed by atoms with E-state index in [1.165, 1.54) is 71.7 Å². The second-order valence-corrected chi connectivity index (χ2v) is 9.65. The number of nitrogens with two attached hydrogens (primary N) is 1. The van der Waals surface area contributed by atoms with Gasteiger partial charge in [0, 0.05) is 24.7 Å². The largest absolute Gasteiger partial charge is 0.435 e. The molecule has 9 nitrogen and oxygen atoms in total. The van der Waals surface area contributed by atoms with Crippen LogP contribution in [-0.2, 0) is 4.79 Å². The first-order chi connectivity index (χ1) is 20.1. The Kier molecular flexibility index (Phi) is 9.91. The van der Waals surface area contributed by atoms with Crippen molar-refractivity contribution in [2.45, 2.75) is 26.1 Å². The minimum absolute atomic E-state index is 0.0181. The van der Waals surface area contributed by atoms with Crippen LogP contribution in [0.3, 0.4) is 0 Å². The maximum absolute atomic E-state index is 13.6. The molecule has 0 spiro atoms. The molecule has 14 heteroatoms. The number of ether oxygens (including phenoxy) is 2. The molecule has 0 bridgehead atoms.